The van der Waals surface area contributed by atoms with Crippen molar-refractivity contribution in [1.82, 2.24) is 0 Å². The Morgan fingerprint density at radius 2 is 1.87 bits per heavy atom. The van der Waals surface area contributed by atoms with Crippen molar-refractivity contribution in [2.45, 2.75) is 36.7 Å². The average molecular weight is 342 g/mol. The van der Waals surface area contributed by atoms with Crippen LogP contribution < -0.4 is 10.2 Å². The lowest BCUT2D eigenvalue weighted by atomic mass is 10.2. The number of benzene rings is 1. The minimum absolute atomic E-state index is 0.216. The molecule has 0 spiro atoms. The Hall–Kier alpha value is -1.31. The Morgan fingerprint density at radius 3 is 2.43 bits per heavy atom. The lowest BCUT2D eigenvalue weighted by Gasteiger charge is -2.26. The molecule has 0 aliphatic carbocycles. The maximum atomic E-state index is 12.1. The minimum Gasteiger partial charge on any atom is -0.394 e. The van der Waals surface area contributed by atoms with E-state index in [1.165, 1.54) is 19.1 Å². The molecular weight excluding hydrogens is 316 g/mol. The summed E-state index contributed by atoms with van der Waals surface area (Å²) in [5, 5.41) is 21.4. The fourth-order valence-corrected chi connectivity index (χ4v) is 3.68. The van der Waals surface area contributed by atoms with E-state index in [4.69, 9.17) is 5.11 Å². The number of hydrogen-bond donors (Lipinski definition) is 3. The second-order valence-electron chi connectivity index (χ2n) is 6.07. The lowest BCUT2D eigenvalue weighted by Crippen LogP contribution is -2.26. The number of hydrogen-bond acceptors (Lipinski definition) is 6. The summed E-state index contributed by atoms with van der Waals surface area (Å²) < 4.78 is 24.2. The van der Waals surface area contributed by atoms with Gasteiger partial charge < -0.3 is 20.4 Å². The van der Waals surface area contributed by atoms with E-state index in [-0.39, 0.29) is 13.2 Å². The lowest BCUT2D eigenvalue weighted by molar-refractivity contribution is 0.105. The summed E-state index contributed by atoms with van der Waals surface area (Å²) >= 11 is 0. The highest BCUT2D eigenvalue weighted by atomic mass is 32.2. The fraction of sp³-hybridized carbons (Fsp3) is 0.625. The van der Waals surface area contributed by atoms with Crippen LogP contribution in [0.1, 0.15) is 25.7 Å². The van der Waals surface area contributed by atoms with Gasteiger partial charge >= 0.3 is 0 Å². The van der Waals surface area contributed by atoms with Crippen molar-refractivity contribution in [3.63, 3.8) is 0 Å². The molecule has 0 amide bonds. The minimum atomic E-state index is -3.31. The second kappa shape index (κ2) is 7.99. The molecule has 0 saturated carbocycles. The van der Waals surface area contributed by atoms with Gasteiger partial charge in [-0.3, -0.25) is 0 Å². The van der Waals surface area contributed by atoms with Crippen molar-refractivity contribution < 1.29 is 18.6 Å². The van der Waals surface area contributed by atoms with Gasteiger partial charge in [0.05, 0.1) is 23.3 Å². The van der Waals surface area contributed by atoms with Gasteiger partial charge in [0.25, 0.3) is 0 Å². The van der Waals surface area contributed by atoms with Crippen LogP contribution in [0.2, 0.25) is 0 Å². The zero-order valence-electron chi connectivity index (χ0n) is 13.5. The molecule has 7 heteroatoms. The summed E-state index contributed by atoms with van der Waals surface area (Å²) in [6, 6.07) is 5.14. The van der Waals surface area contributed by atoms with Crippen LogP contribution in [0.15, 0.2) is 23.1 Å². The molecule has 1 fully saturated rings. The van der Waals surface area contributed by atoms with Crippen LogP contribution >= 0.6 is 0 Å². The summed E-state index contributed by atoms with van der Waals surface area (Å²) in [5.41, 5.74) is 1.46. The Labute approximate surface area is 138 Å². The molecule has 1 aromatic carbocycles. The van der Waals surface area contributed by atoms with Crippen molar-refractivity contribution in [1.29, 1.82) is 0 Å². The Balaban J connectivity index is 2.30. The zero-order valence-corrected chi connectivity index (χ0v) is 14.3. The predicted molar refractivity (Wildman–Crippen MR) is 91.8 cm³/mol. The largest absolute Gasteiger partial charge is 0.394 e. The van der Waals surface area contributed by atoms with Crippen LogP contribution in [0.5, 0.6) is 0 Å². The molecule has 3 N–H and O–H groups in total. The van der Waals surface area contributed by atoms with Crippen molar-refractivity contribution in [3.05, 3.63) is 18.2 Å². The molecule has 2 rings (SSSR count). The van der Waals surface area contributed by atoms with Crippen molar-refractivity contribution in [3.8, 4) is 0 Å². The first-order valence-corrected chi connectivity index (χ1v) is 9.93. The SMILES string of the molecule is CS(=O)(=O)c1ccc(NCC(O)CO)cc1N1CCCCCC1. The third-order valence-corrected chi connectivity index (χ3v) is 5.20. The van der Waals surface area contributed by atoms with E-state index in [0.717, 1.165) is 37.3 Å². The maximum Gasteiger partial charge on any atom is 0.177 e. The monoisotopic (exact) mass is 342 g/mol. The zero-order chi connectivity index (χ0) is 16.9. The van der Waals surface area contributed by atoms with Crippen molar-refractivity contribution in [2.75, 3.05) is 42.7 Å². The molecule has 1 unspecified atom stereocenters. The molecule has 1 aliphatic rings. The van der Waals surface area contributed by atoms with E-state index in [9.17, 15) is 13.5 Å². The van der Waals surface area contributed by atoms with Crippen LogP contribution in [0.4, 0.5) is 11.4 Å². The molecule has 0 bridgehead atoms. The van der Waals surface area contributed by atoms with E-state index in [1.54, 1.807) is 12.1 Å². The topological polar surface area (TPSA) is 89.9 Å². The molecule has 6 nitrogen and oxygen atoms in total. The first kappa shape index (κ1) is 18.0. The number of sulfone groups is 1. The van der Waals surface area contributed by atoms with Crippen LogP contribution in [0, 0.1) is 0 Å². The highest BCUT2D eigenvalue weighted by molar-refractivity contribution is 7.90. The number of anilines is 2. The van der Waals surface area contributed by atoms with Gasteiger partial charge in [0.1, 0.15) is 0 Å². The number of nitrogens with zero attached hydrogens (tertiary/aromatic N) is 1. The molecule has 1 atom stereocenters. The van der Waals surface area contributed by atoms with E-state index >= 15 is 0 Å². The molecule has 1 heterocycles. The summed E-state index contributed by atoms with van der Waals surface area (Å²) in [5.74, 6) is 0. The van der Waals surface area contributed by atoms with E-state index < -0.39 is 15.9 Å². The third-order valence-electron chi connectivity index (χ3n) is 4.06. The predicted octanol–water partition coefficient (Wildman–Crippen LogP) is 1.24. The van der Waals surface area contributed by atoms with Crippen LogP contribution in [-0.2, 0) is 9.84 Å². The van der Waals surface area contributed by atoms with Crippen molar-refractivity contribution in [2.24, 2.45) is 0 Å². The summed E-state index contributed by atoms with van der Waals surface area (Å²) in [7, 11) is -3.31. The first-order valence-electron chi connectivity index (χ1n) is 8.03. The highest BCUT2D eigenvalue weighted by Gasteiger charge is 2.20. The van der Waals surface area contributed by atoms with Gasteiger partial charge in [-0.15, -0.1) is 0 Å². The van der Waals surface area contributed by atoms with Gasteiger partial charge in [-0.1, -0.05) is 12.8 Å². The number of rotatable bonds is 6. The van der Waals surface area contributed by atoms with Gasteiger partial charge in [0.2, 0.25) is 0 Å². The smallest absolute Gasteiger partial charge is 0.177 e. The number of aliphatic hydroxyl groups excluding tert-OH is 2. The quantitative estimate of drug-likeness (QED) is 0.721. The van der Waals surface area contributed by atoms with E-state index in [0.29, 0.717) is 4.90 Å². The molecule has 0 aromatic heterocycles. The summed E-state index contributed by atoms with van der Waals surface area (Å²) in [4.78, 5) is 2.48. The summed E-state index contributed by atoms with van der Waals surface area (Å²) in [6.45, 7) is 1.61. The van der Waals surface area contributed by atoms with Gasteiger partial charge in [-0.25, -0.2) is 8.42 Å². The highest BCUT2D eigenvalue weighted by Crippen LogP contribution is 2.30. The van der Waals surface area contributed by atoms with E-state index in [1.807, 2.05) is 6.07 Å². The maximum absolute atomic E-state index is 12.1. The van der Waals surface area contributed by atoms with Crippen molar-refractivity contribution >= 4 is 21.2 Å². The van der Waals surface area contributed by atoms with Crippen LogP contribution in [0.3, 0.4) is 0 Å². The molecule has 23 heavy (non-hydrogen) atoms. The second-order valence-corrected chi connectivity index (χ2v) is 8.06. The van der Waals surface area contributed by atoms with Gasteiger partial charge in [0.15, 0.2) is 9.84 Å². The fourth-order valence-electron chi connectivity index (χ4n) is 2.80. The Morgan fingerprint density at radius 1 is 1.22 bits per heavy atom. The average Bonchev–Trinajstić information content (AvgIpc) is 2.80. The standard InChI is InChI=1S/C16H26N2O4S/c1-23(21,22)16-7-6-13(17-11-14(20)12-19)10-15(16)18-8-4-2-3-5-9-18/h6-7,10,14,17,19-20H,2-5,8-9,11-12H2,1H3. The number of aliphatic hydroxyl groups is 2. The first-order chi connectivity index (χ1) is 10.9. The van der Waals surface area contributed by atoms with Crippen LogP contribution in [-0.4, -0.2) is 57.2 Å². The number of nitrogens with one attached hydrogen (secondary N) is 1. The molecule has 1 aliphatic heterocycles. The normalized spacial score (nSPS) is 17.6. The molecular formula is C16H26N2O4S. The molecule has 130 valence electrons. The van der Waals surface area contributed by atoms with Crippen LogP contribution in [0.25, 0.3) is 0 Å². The Kier molecular flexibility index (Phi) is 6.26. The van der Waals surface area contributed by atoms with E-state index in [2.05, 4.69) is 10.2 Å². The summed E-state index contributed by atoms with van der Waals surface area (Å²) in [6.07, 6.45) is 4.85. The molecule has 1 aromatic rings. The third kappa shape index (κ3) is 5.09. The van der Waals surface area contributed by atoms with Gasteiger partial charge in [-0.05, 0) is 31.0 Å². The Bertz CT molecular complexity index is 611. The molecule has 0 radical (unpaired) electrons. The van der Waals surface area contributed by atoms with Gasteiger partial charge in [0, 0.05) is 31.6 Å². The molecule has 1 saturated heterocycles. The van der Waals surface area contributed by atoms with Gasteiger partial charge in [-0.2, -0.15) is 0 Å².